The summed E-state index contributed by atoms with van der Waals surface area (Å²) in [5.41, 5.74) is -1.49. The number of benzene rings is 1. The van der Waals surface area contributed by atoms with E-state index in [4.69, 9.17) is 0 Å². The van der Waals surface area contributed by atoms with Gasteiger partial charge in [0.25, 0.3) is 5.56 Å². The van der Waals surface area contributed by atoms with Crippen LogP contribution in [-0.4, -0.2) is 14.4 Å². The van der Waals surface area contributed by atoms with E-state index in [-0.39, 0.29) is 11.5 Å². The first-order valence-electron chi connectivity index (χ1n) is 6.95. The molecule has 4 nitrogen and oxygen atoms in total. The lowest BCUT2D eigenvalue weighted by atomic mass is 10.00. The van der Waals surface area contributed by atoms with E-state index < -0.39 is 23.2 Å². The number of aromatic amines is 1. The molecule has 7 heteroatoms. The van der Waals surface area contributed by atoms with Crippen LogP contribution in [-0.2, 0) is 6.18 Å². The van der Waals surface area contributed by atoms with Crippen LogP contribution in [0.3, 0.4) is 0 Å². The molecule has 0 saturated heterocycles. The Labute approximate surface area is 123 Å². The van der Waals surface area contributed by atoms with Gasteiger partial charge < -0.3 is 4.98 Å². The van der Waals surface area contributed by atoms with Crippen molar-refractivity contribution in [3.8, 4) is 0 Å². The van der Waals surface area contributed by atoms with Gasteiger partial charge in [0.2, 0.25) is 5.78 Å². The lowest BCUT2D eigenvalue weighted by molar-refractivity contribution is -0.139. The van der Waals surface area contributed by atoms with Crippen LogP contribution in [0.4, 0.5) is 13.2 Å². The van der Waals surface area contributed by atoms with E-state index in [2.05, 4.69) is 9.97 Å². The summed E-state index contributed by atoms with van der Waals surface area (Å²) >= 11 is 0. The zero-order chi connectivity index (χ0) is 16.1. The van der Waals surface area contributed by atoms with Crippen molar-refractivity contribution in [3.63, 3.8) is 0 Å². The summed E-state index contributed by atoms with van der Waals surface area (Å²) in [4.78, 5) is 19.4. The van der Waals surface area contributed by atoms with Crippen LogP contribution in [0.1, 0.15) is 37.4 Å². The van der Waals surface area contributed by atoms with Gasteiger partial charge in [0.15, 0.2) is 0 Å². The average molecular weight is 309 g/mol. The van der Waals surface area contributed by atoms with Crippen LogP contribution in [0.2, 0.25) is 0 Å². The van der Waals surface area contributed by atoms with E-state index in [1.165, 1.54) is 0 Å². The Balaban J connectivity index is 2.51. The normalized spacial score (nSPS) is 13.9. The summed E-state index contributed by atoms with van der Waals surface area (Å²) < 4.78 is 41.1. The fourth-order valence-electron chi connectivity index (χ4n) is 2.57. The Morgan fingerprint density at radius 3 is 2.64 bits per heavy atom. The Bertz CT molecular complexity index is 908. The zero-order valence-electron chi connectivity index (χ0n) is 12.0. The van der Waals surface area contributed by atoms with Crippen LogP contribution in [0, 0.1) is 0 Å². The molecule has 2 aromatic heterocycles. The fourth-order valence-corrected chi connectivity index (χ4v) is 2.57. The molecule has 1 aromatic carbocycles. The second-order valence-corrected chi connectivity index (χ2v) is 5.29. The van der Waals surface area contributed by atoms with Crippen LogP contribution in [0.25, 0.3) is 16.8 Å². The highest BCUT2D eigenvalue weighted by Gasteiger charge is 2.39. The Morgan fingerprint density at radius 2 is 2.00 bits per heavy atom. The third kappa shape index (κ3) is 2.08. The summed E-state index contributed by atoms with van der Waals surface area (Å²) in [5.74, 6) is -0.288. The molecule has 0 aliphatic heterocycles. The topological polar surface area (TPSA) is 50.2 Å². The number of para-hydroxylation sites is 2. The van der Waals surface area contributed by atoms with E-state index in [9.17, 15) is 18.0 Å². The van der Waals surface area contributed by atoms with Crippen molar-refractivity contribution in [2.45, 2.75) is 32.4 Å². The summed E-state index contributed by atoms with van der Waals surface area (Å²) in [5, 5.41) is 0. The number of imidazole rings is 1. The van der Waals surface area contributed by atoms with Gasteiger partial charge in [-0.15, -0.1) is 0 Å². The van der Waals surface area contributed by atoms with E-state index in [1.807, 2.05) is 0 Å². The monoisotopic (exact) mass is 309 g/mol. The van der Waals surface area contributed by atoms with Crippen molar-refractivity contribution in [1.82, 2.24) is 14.4 Å². The Morgan fingerprint density at radius 1 is 1.32 bits per heavy atom. The van der Waals surface area contributed by atoms with Crippen molar-refractivity contribution in [1.29, 1.82) is 0 Å². The minimum atomic E-state index is -4.72. The SMILES string of the molecule is CC[C@@H](C)c1[nH]c2nc3ccccc3n2c(=O)c1C(F)(F)F. The predicted octanol–water partition coefficient (Wildman–Crippen LogP) is 3.71. The molecule has 1 atom stereocenters. The molecule has 22 heavy (non-hydrogen) atoms. The van der Waals surface area contributed by atoms with Crippen LogP contribution in [0.5, 0.6) is 0 Å². The predicted molar refractivity (Wildman–Crippen MR) is 77.0 cm³/mol. The Kier molecular flexibility index (Phi) is 3.23. The first-order chi connectivity index (χ1) is 10.3. The maximum atomic E-state index is 13.4. The zero-order valence-corrected chi connectivity index (χ0v) is 12.0. The molecule has 0 saturated carbocycles. The van der Waals surface area contributed by atoms with Crippen molar-refractivity contribution < 1.29 is 13.2 Å². The lowest BCUT2D eigenvalue weighted by Gasteiger charge is -2.16. The van der Waals surface area contributed by atoms with Crippen LogP contribution >= 0.6 is 0 Å². The maximum absolute atomic E-state index is 13.4. The molecule has 0 unspecified atom stereocenters. The van der Waals surface area contributed by atoms with Gasteiger partial charge in [-0.1, -0.05) is 26.0 Å². The number of hydrogen-bond acceptors (Lipinski definition) is 2. The molecule has 116 valence electrons. The van der Waals surface area contributed by atoms with Crippen molar-refractivity contribution >= 4 is 16.8 Å². The second kappa shape index (κ2) is 4.86. The first kappa shape index (κ1) is 14.6. The van der Waals surface area contributed by atoms with E-state index in [0.717, 1.165) is 4.40 Å². The number of H-pyrrole nitrogens is 1. The highest BCUT2D eigenvalue weighted by Crippen LogP contribution is 2.33. The van der Waals surface area contributed by atoms with Gasteiger partial charge in [-0.2, -0.15) is 13.2 Å². The van der Waals surface area contributed by atoms with Crippen molar-refractivity contribution in [3.05, 3.63) is 45.9 Å². The molecule has 3 aromatic rings. The van der Waals surface area contributed by atoms with Crippen molar-refractivity contribution in [2.75, 3.05) is 0 Å². The van der Waals surface area contributed by atoms with E-state index in [0.29, 0.717) is 17.5 Å². The van der Waals surface area contributed by atoms with E-state index >= 15 is 0 Å². The smallest absolute Gasteiger partial charge is 0.328 e. The first-order valence-corrected chi connectivity index (χ1v) is 6.95. The van der Waals surface area contributed by atoms with Crippen molar-refractivity contribution in [2.24, 2.45) is 0 Å². The molecular formula is C15H14F3N3O. The molecule has 0 radical (unpaired) electrons. The minimum absolute atomic E-state index is 0.109. The van der Waals surface area contributed by atoms with Crippen LogP contribution < -0.4 is 5.56 Å². The van der Waals surface area contributed by atoms with Crippen LogP contribution in [0.15, 0.2) is 29.1 Å². The molecule has 0 fully saturated rings. The largest absolute Gasteiger partial charge is 0.423 e. The van der Waals surface area contributed by atoms with Gasteiger partial charge in [0.1, 0.15) is 5.56 Å². The third-order valence-electron chi connectivity index (χ3n) is 3.88. The number of fused-ring (bicyclic) bond motifs is 3. The fraction of sp³-hybridized carbons (Fsp3) is 0.333. The number of nitrogens with zero attached hydrogens (tertiary/aromatic N) is 2. The summed E-state index contributed by atoms with van der Waals surface area (Å²) in [6, 6.07) is 6.62. The molecular weight excluding hydrogens is 295 g/mol. The second-order valence-electron chi connectivity index (χ2n) is 5.29. The molecule has 0 bridgehead atoms. The average Bonchev–Trinajstić information content (AvgIpc) is 2.83. The maximum Gasteiger partial charge on any atom is 0.423 e. The summed E-state index contributed by atoms with van der Waals surface area (Å²) in [6.45, 7) is 3.43. The van der Waals surface area contributed by atoms with Gasteiger partial charge in [-0.05, 0) is 24.5 Å². The quantitative estimate of drug-likeness (QED) is 0.784. The third-order valence-corrected chi connectivity index (χ3v) is 3.88. The molecule has 0 aliphatic rings. The standard InChI is InChI=1S/C15H14F3N3O/c1-3-8(2)12-11(15(16,17)18)13(22)21-10-7-5-4-6-9(10)19-14(21)20-12/h4-8H,3H2,1-2H3,(H,19,20)/t8-/m1/s1. The summed E-state index contributed by atoms with van der Waals surface area (Å²) in [6.07, 6.45) is -4.23. The van der Waals surface area contributed by atoms with Gasteiger partial charge in [0.05, 0.1) is 11.0 Å². The number of halogens is 3. The highest BCUT2D eigenvalue weighted by molar-refractivity contribution is 5.79. The highest BCUT2D eigenvalue weighted by atomic mass is 19.4. The van der Waals surface area contributed by atoms with E-state index in [1.54, 1.807) is 38.1 Å². The number of hydrogen-bond donors (Lipinski definition) is 1. The van der Waals surface area contributed by atoms with Gasteiger partial charge in [0, 0.05) is 5.69 Å². The number of aromatic nitrogens is 3. The van der Waals surface area contributed by atoms with Gasteiger partial charge in [-0.25, -0.2) is 9.38 Å². The molecule has 0 aliphatic carbocycles. The number of nitrogens with one attached hydrogen (secondary N) is 1. The number of alkyl halides is 3. The lowest BCUT2D eigenvalue weighted by Crippen LogP contribution is -2.29. The molecule has 0 spiro atoms. The summed E-state index contributed by atoms with van der Waals surface area (Å²) in [7, 11) is 0. The molecule has 2 heterocycles. The van der Waals surface area contributed by atoms with Gasteiger partial charge in [-0.3, -0.25) is 4.79 Å². The van der Waals surface area contributed by atoms with Gasteiger partial charge >= 0.3 is 6.18 Å². The molecule has 0 amide bonds. The Hall–Kier alpha value is -2.31. The number of rotatable bonds is 2. The molecule has 3 rings (SSSR count). The molecule has 1 N–H and O–H groups in total. The minimum Gasteiger partial charge on any atom is -0.328 e.